The van der Waals surface area contributed by atoms with Gasteiger partial charge in [0.25, 0.3) is 5.91 Å². The van der Waals surface area contributed by atoms with E-state index in [0.29, 0.717) is 51.4 Å². The van der Waals surface area contributed by atoms with Gasteiger partial charge in [-0.2, -0.15) is 0 Å². The number of hydrogen-bond donors (Lipinski definition) is 2. The number of allylic oxidation sites excluding steroid dienone is 1. The van der Waals surface area contributed by atoms with E-state index in [-0.39, 0.29) is 24.3 Å². The first-order valence-electron chi connectivity index (χ1n) is 16.8. The maximum atomic E-state index is 14.2. The molecule has 8 rings (SSSR count). The second-order valence-electron chi connectivity index (χ2n) is 13.2. The SMILES string of the molecule is O=C(C1=C[C@@H](c2cccc3c2Cc2ccccc2-3)C[C@@H](OCc2ccc(CO)cc2)O1)N1CCC2(CC1)C(=O)NCN2c1ccccc1. The third-order valence-electron chi connectivity index (χ3n) is 10.5. The van der Waals surface area contributed by atoms with Crippen LogP contribution in [0.5, 0.6) is 0 Å². The molecule has 2 atom stereocenters. The van der Waals surface area contributed by atoms with Crippen LogP contribution in [0.2, 0.25) is 0 Å². The number of rotatable bonds is 7. The highest BCUT2D eigenvalue weighted by molar-refractivity contribution is 5.95. The fourth-order valence-corrected chi connectivity index (χ4v) is 7.86. The molecule has 0 unspecified atom stereocenters. The monoisotopic (exact) mass is 641 g/mol. The van der Waals surface area contributed by atoms with E-state index in [4.69, 9.17) is 9.47 Å². The lowest BCUT2D eigenvalue weighted by molar-refractivity contribution is -0.157. The lowest BCUT2D eigenvalue weighted by Gasteiger charge is -2.43. The zero-order chi connectivity index (χ0) is 32.7. The third-order valence-corrected chi connectivity index (χ3v) is 10.5. The summed E-state index contributed by atoms with van der Waals surface area (Å²) in [5.41, 5.74) is 8.43. The number of carbonyl (C=O) groups is 2. The highest BCUT2D eigenvalue weighted by Gasteiger charge is 2.51. The standard InChI is InChI=1S/C40H39N3O5/c44-24-27-13-15-28(16-14-27)25-47-37-23-30(33-11-6-12-34-32-10-5-4-7-29(32)21-35(33)34)22-36(48-37)38(45)42-19-17-40(18-20-42)39(46)41-26-43(40)31-8-2-1-3-9-31/h1-16,22,30,37,44H,17-21,23-26H2,(H,41,46)/t30-,37+/m1/s1. The highest BCUT2D eigenvalue weighted by Crippen LogP contribution is 2.43. The van der Waals surface area contributed by atoms with Gasteiger partial charge in [-0.25, -0.2) is 0 Å². The maximum absolute atomic E-state index is 14.2. The predicted octanol–water partition coefficient (Wildman–Crippen LogP) is 5.64. The molecule has 1 spiro atoms. The molecule has 8 heteroatoms. The first kappa shape index (κ1) is 30.4. The summed E-state index contributed by atoms with van der Waals surface area (Å²) in [6, 6.07) is 32.7. The van der Waals surface area contributed by atoms with Gasteiger partial charge in [-0.05, 0) is 76.4 Å². The fourth-order valence-electron chi connectivity index (χ4n) is 7.86. The van der Waals surface area contributed by atoms with Crippen LogP contribution in [0.25, 0.3) is 11.1 Å². The minimum absolute atomic E-state index is 0.0112. The van der Waals surface area contributed by atoms with Gasteiger partial charge in [0.15, 0.2) is 5.76 Å². The van der Waals surface area contributed by atoms with Crippen molar-refractivity contribution in [2.45, 2.75) is 56.6 Å². The van der Waals surface area contributed by atoms with Crippen LogP contribution in [-0.2, 0) is 38.7 Å². The molecule has 1 aliphatic carbocycles. The van der Waals surface area contributed by atoms with Crippen molar-refractivity contribution in [3.63, 3.8) is 0 Å². The van der Waals surface area contributed by atoms with Crippen LogP contribution in [0.4, 0.5) is 5.69 Å². The number of nitrogens with zero attached hydrogens (tertiary/aromatic N) is 2. The van der Waals surface area contributed by atoms with E-state index in [9.17, 15) is 14.7 Å². The average Bonchev–Trinajstić information content (AvgIpc) is 3.68. The molecule has 2 N–H and O–H groups in total. The van der Waals surface area contributed by atoms with Crippen LogP contribution in [0, 0.1) is 0 Å². The molecule has 4 aromatic carbocycles. The van der Waals surface area contributed by atoms with E-state index in [1.165, 1.54) is 27.8 Å². The van der Waals surface area contributed by atoms with E-state index in [2.05, 4.69) is 52.7 Å². The summed E-state index contributed by atoms with van der Waals surface area (Å²) in [4.78, 5) is 31.4. The largest absolute Gasteiger partial charge is 0.459 e. The molecule has 0 saturated carbocycles. The minimum Gasteiger partial charge on any atom is -0.459 e. The lowest BCUT2D eigenvalue weighted by atomic mass is 9.85. The van der Waals surface area contributed by atoms with Crippen molar-refractivity contribution >= 4 is 17.5 Å². The zero-order valence-corrected chi connectivity index (χ0v) is 26.8. The van der Waals surface area contributed by atoms with Gasteiger partial charge in [0.05, 0.1) is 19.9 Å². The Balaban J connectivity index is 1.05. The maximum Gasteiger partial charge on any atom is 0.288 e. The van der Waals surface area contributed by atoms with Gasteiger partial charge in [0.2, 0.25) is 12.2 Å². The molecule has 0 bridgehead atoms. The number of amides is 2. The number of nitrogens with one attached hydrogen (secondary N) is 1. The highest BCUT2D eigenvalue weighted by atomic mass is 16.7. The van der Waals surface area contributed by atoms with Crippen molar-refractivity contribution in [3.8, 4) is 11.1 Å². The van der Waals surface area contributed by atoms with Crippen molar-refractivity contribution in [1.82, 2.24) is 10.2 Å². The molecule has 3 aliphatic heterocycles. The number of ether oxygens (including phenoxy) is 2. The second kappa shape index (κ2) is 12.6. The van der Waals surface area contributed by atoms with Crippen molar-refractivity contribution in [2.75, 3.05) is 24.7 Å². The summed E-state index contributed by atoms with van der Waals surface area (Å²) < 4.78 is 12.7. The van der Waals surface area contributed by atoms with E-state index in [0.717, 1.165) is 23.2 Å². The number of anilines is 1. The van der Waals surface area contributed by atoms with Gasteiger partial charge in [-0.1, -0.05) is 84.9 Å². The van der Waals surface area contributed by atoms with Crippen molar-refractivity contribution in [3.05, 3.63) is 137 Å². The molecule has 2 saturated heterocycles. The van der Waals surface area contributed by atoms with Crippen LogP contribution in [0.15, 0.2) is 109 Å². The Morgan fingerprint density at radius 1 is 0.896 bits per heavy atom. The molecular weight excluding hydrogens is 602 g/mol. The Bertz CT molecular complexity index is 1860. The number of carbonyl (C=O) groups excluding carboxylic acids is 2. The molecule has 4 aromatic rings. The molecule has 4 aliphatic rings. The van der Waals surface area contributed by atoms with Gasteiger partial charge < -0.3 is 29.7 Å². The molecular formula is C40H39N3O5. The predicted molar refractivity (Wildman–Crippen MR) is 183 cm³/mol. The molecule has 3 heterocycles. The summed E-state index contributed by atoms with van der Waals surface area (Å²) in [6.07, 6.45) is 3.86. The van der Waals surface area contributed by atoms with Crippen molar-refractivity contribution < 1.29 is 24.2 Å². The quantitative estimate of drug-likeness (QED) is 0.239. The Morgan fingerprint density at radius 3 is 2.42 bits per heavy atom. The average molecular weight is 642 g/mol. The van der Waals surface area contributed by atoms with Crippen LogP contribution in [-0.4, -0.2) is 53.4 Å². The van der Waals surface area contributed by atoms with Gasteiger partial charge >= 0.3 is 0 Å². The summed E-state index contributed by atoms with van der Waals surface area (Å²) >= 11 is 0. The van der Waals surface area contributed by atoms with E-state index in [1.807, 2.05) is 65.6 Å². The first-order valence-corrected chi connectivity index (χ1v) is 16.8. The number of aliphatic hydroxyl groups is 1. The first-order chi connectivity index (χ1) is 23.5. The number of piperidine rings is 1. The van der Waals surface area contributed by atoms with Gasteiger partial charge in [-0.15, -0.1) is 0 Å². The molecule has 2 amide bonds. The van der Waals surface area contributed by atoms with Gasteiger partial charge in [0.1, 0.15) is 5.54 Å². The number of aliphatic hydroxyl groups excluding tert-OH is 1. The topological polar surface area (TPSA) is 91.3 Å². The Kier molecular flexibility index (Phi) is 7.98. The molecule has 2 fully saturated rings. The van der Waals surface area contributed by atoms with Crippen molar-refractivity contribution in [1.29, 1.82) is 0 Å². The lowest BCUT2D eigenvalue weighted by Crippen LogP contribution is -2.57. The van der Waals surface area contributed by atoms with Gasteiger partial charge in [-0.3, -0.25) is 9.59 Å². The summed E-state index contributed by atoms with van der Waals surface area (Å²) in [6.45, 7) is 1.65. The van der Waals surface area contributed by atoms with Crippen molar-refractivity contribution in [2.24, 2.45) is 0 Å². The van der Waals surface area contributed by atoms with E-state index >= 15 is 0 Å². The molecule has 0 radical (unpaired) electrons. The Hall–Kier alpha value is -4.92. The van der Waals surface area contributed by atoms with Crippen LogP contribution >= 0.6 is 0 Å². The third kappa shape index (κ3) is 5.45. The Morgan fingerprint density at radius 2 is 1.62 bits per heavy atom. The summed E-state index contributed by atoms with van der Waals surface area (Å²) in [5.74, 6) is 0.0720. The van der Waals surface area contributed by atoms with Gasteiger partial charge in [0, 0.05) is 31.1 Å². The molecule has 0 aromatic heterocycles. The number of likely N-dealkylation sites (tertiary alicyclic amines) is 1. The summed E-state index contributed by atoms with van der Waals surface area (Å²) in [5, 5.41) is 12.5. The zero-order valence-electron chi connectivity index (χ0n) is 26.8. The van der Waals surface area contributed by atoms with Crippen LogP contribution in [0.1, 0.15) is 53.0 Å². The van der Waals surface area contributed by atoms with E-state index < -0.39 is 11.8 Å². The minimum atomic E-state index is -0.681. The summed E-state index contributed by atoms with van der Waals surface area (Å²) in [7, 11) is 0. The number of para-hydroxylation sites is 1. The molecule has 48 heavy (non-hydrogen) atoms. The smallest absolute Gasteiger partial charge is 0.288 e. The normalized spacial score (nSPS) is 20.9. The Labute approximate surface area is 280 Å². The molecule has 8 nitrogen and oxygen atoms in total. The van der Waals surface area contributed by atoms with Crippen LogP contribution < -0.4 is 10.2 Å². The number of benzene rings is 4. The second-order valence-corrected chi connectivity index (χ2v) is 13.2. The van der Waals surface area contributed by atoms with E-state index in [1.54, 1.807) is 0 Å². The molecule has 244 valence electrons. The van der Waals surface area contributed by atoms with Crippen LogP contribution in [0.3, 0.4) is 0 Å². The number of fused-ring (bicyclic) bond motifs is 3. The number of hydrogen-bond acceptors (Lipinski definition) is 6. The fraction of sp³-hybridized carbons (Fsp3) is 0.300.